The van der Waals surface area contributed by atoms with Gasteiger partial charge in [0.2, 0.25) is 0 Å². The Kier molecular flexibility index (Phi) is 14.7. The maximum atomic E-state index is 8.91. The molecule has 0 aliphatic rings. The molecule has 0 atom stereocenters. The highest BCUT2D eigenvalue weighted by atomic mass is 16.3. The SMILES string of the molecule is CCC(CCCCCO)(CCCCCO)CCCCCO. The molecular formula is C18H38O3. The average Bonchev–Trinajstić information content (AvgIpc) is 2.51. The van der Waals surface area contributed by atoms with Gasteiger partial charge in [-0.15, -0.1) is 0 Å². The lowest BCUT2D eigenvalue weighted by Gasteiger charge is -2.33. The fourth-order valence-electron chi connectivity index (χ4n) is 3.27. The van der Waals surface area contributed by atoms with Crippen molar-refractivity contribution in [2.24, 2.45) is 5.41 Å². The van der Waals surface area contributed by atoms with Crippen molar-refractivity contribution in [3.8, 4) is 0 Å². The molecule has 0 aromatic carbocycles. The van der Waals surface area contributed by atoms with Gasteiger partial charge in [-0.25, -0.2) is 0 Å². The van der Waals surface area contributed by atoms with Crippen molar-refractivity contribution in [3.05, 3.63) is 0 Å². The summed E-state index contributed by atoms with van der Waals surface area (Å²) in [6, 6.07) is 0. The Hall–Kier alpha value is -0.120. The number of aliphatic hydroxyl groups is 3. The minimum Gasteiger partial charge on any atom is -0.396 e. The number of hydrogen-bond acceptors (Lipinski definition) is 3. The number of rotatable bonds is 16. The number of hydrogen-bond donors (Lipinski definition) is 3. The first kappa shape index (κ1) is 20.9. The Morgan fingerprint density at radius 3 is 1.10 bits per heavy atom. The van der Waals surface area contributed by atoms with Crippen LogP contribution in [0.2, 0.25) is 0 Å². The van der Waals surface area contributed by atoms with Gasteiger partial charge in [-0.3, -0.25) is 0 Å². The Morgan fingerprint density at radius 2 is 0.857 bits per heavy atom. The summed E-state index contributed by atoms with van der Waals surface area (Å²) >= 11 is 0. The first-order valence-electron chi connectivity index (χ1n) is 9.07. The molecule has 21 heavy (non-hydrogen) atoms. The van der Waals surface area contributed by atoms with E-state index in [0.29, 0.717) is 25.2 Å². The van der Waals surface area contributed by atoms with E-state index >= 15 is 0 Å². The van der Waals surface area contributed by atoms with Crippen LogP contribution in [0.15, 0.2) is 0 Å². The summed E-state index contributed by atoms with van der Waals surface area (Å²) in [6.45, 7) is 3.24. The Morgan fingerprint density at radius 1 is 0.524 bits per heavy atom. The van der Waals surface area contributed by atoms with E-state index in [1.807, 2.05) is 0 Å². The maximum Gasteiger partial charge on any atom is 0.0431 e. The lowest BCUT2D eigenvalue weighted by Crippen LogP contribution is -2.20. The molecule has 0 amide bonds. The van der Waals surface area contributed by atoms with E-state index in [1.54, 1.807) is 0 Å². The van der Waals surface area contributed by atoms with E-state index in [2.05, 4.69) is 6.92 Å². The third kappa shape index (κ3) is 11.1. The molecule has 0 rings (SSSR count). The van der Waals surface area contributed by atoms with Gasteiger partial charge < -0.3 is 15.3 Å². The fraction of sp³-hybridized carbons (Fsp3) is 1.00. The van der Waals surface area contributed by atoms with E-state index in [-0.39, 0.29) is 0 Å². The van der Waals surface area contributed by atoms with Gasteiger partial charge in [0.15, 0.2) is 0 Å². The topological polar surface area (TPSA) is 60.7 Å². The molecule has 0 aromatic heterocycles. The summed E-state index contributed by atoms with van der Waals surface area (Å²) in [5.74, 6) is 0. The van der Waals surface area contributed by atoms with Crippen LogP contribution in [0.3, 0.4) is 0 Å². The van der Waals surface area contributed by atoms with Crippen LogP contribution in [0.4, 0.5) is 0 Å². The first-order chi connectivity index (χ1) is 10.2. The third-order valence-electron chi connectivity index (χ3n) is 4.85. The van der Waals surface area contributed by atoms with Crippen LogP contribution in [0.5, 0.6) is 0 Å². The predicted molar refractivity (Wildman–Crippen MR) is 89.4 cm³/mol. The Labute approximate surface area is 131 Å². The van der Waals surface area contributed by atoms with Crippen molar-refractivity contribution in [2.45, 2.75) is 90.4 Å². The molecule has 0 spiro atoms. The molecule has 0 aliphatic carbocycles. The summed E-state index contributed by atoms with van der Waals surface area (Å²) in [6.07, 6.45) is 14.8. The highest BCUT2D eigenvalue weighted by molar-refractivity contribution is 4.78. The van der Waals surface area contributed by atoms with E-state index in [1.165, 1.54) is 44.9 Å². The quantitative estimate of drug-likeness (QED) is 0.377. The molecule has 0 aromatic rings. The van der Waals surface area contributed by atoms with E-state index in [9.17, 15) is 0 Å². The summed E-state index contributed by atoms with van der Waals surface area (Å²) < 4.78 is 0. The minimum absolute atomic E-state index is 0.312. The van der Waals surface area contributed by atoms with Gasteiger partial charge in [-0.2, -0.15) is 0 Å². The van der Waals surface area contributed by atoms with Crippen LogP contribution >= 0.6 is 0 Å². The maximum absolute atomic E-state index is 8.91. The van der Waals surface area contributed by atoms with Gasteiger partial charge in [0.05, 0.1) is 0 Å². The molecule has 0 radical (unpaired) electrons. The normalized spacial score (nSPS) is 12.0. The average molecular weight is 302 g/mol. The van der Waals surface area contributed by atoms with Crippen molar-refractivity contribution in [1.82, 2.24) is 0 Å². The van der Waals surface area contributed by atoms with E-state index in [0.717, 1.165) is 38.5 Å². The van der Waals surface area contributed by atoms with Crippen molar-refractivity contribution in [2.75, 3.05) is 19.8 Å². The molecule has 0 heterocycles. The van der Waals surface area contributed by atoms with Gasteiger partial charge in [0, 0.05) is 19.8 Å². The molecule has 3 nitrogen and oxygen atoms in total. The number of aliphatic hydroxyl groups excluding tert-OH is 3. The van der Waals surface area contributed by atoms with Crippen LogP contribution in [0.25, 0.3) is 0 Å². The second kappa shape index (κ2) is 14.8. The molecule has 0 saturated carbocycles. The molecule has 128 valence electrons. The fourth-order valence-corrected chi connectivity index (χ4v) is 3.27. The molecule has 0 saturated heterocycles. The van der Waals surface area contributed by atoms with E-state index in [4.69, 9.17) is 15.3 Å². The zero-order valence-corrected chi connectivity index (χ0v) is 14.2. The first-order valence-corrected chi connectivity index (χ1v) is 9.07. The van der Waals surface area contributed by atoms with Crippen molar-refractivity contribution in [1.29, 1.82) is 0 Å². The molecule has 3 N–H and O–H groups in total. The zero-order chi connectivity index (χ0) is 15.8. The summed E-state index contributed by atoms with van der Waals surface area (Å²) in [4.78, 5) is 0. The molecule has 0 aliphatic heterocycles. The van der Waals surface area contributed by atoms with Gasteiger partial charge in [0.1, 0.15) is 0 Å². The standard InChI is InChI=1S/C18H38O3/c1-2-18(12-6-3-9-15-19,13-7-4-10-16-20)14-8-5-11-17-21/h19-21H,2-17H2,1H3. The summed E-state index contributed by atoms with van der Waals surface area (Å²) in [5.41, 5.74) is 0.445. The van der Waals surface area contributed by atoms with Crippen molar-refractivity contribution < 1.29 is 15.3 Å². The van der Waals surface area contributed by atoms with Gasteiger partial charge in [-0.05, 0) is 43.9 Å². The van der Waals surface area contributed by atoms with Gasteiger partial charge in [0.25, 0.3) is 0 Å². The molecular weight excluding hydrogens is 264 g/mol. The van der Waals surface area contributed by atoms with Crippen LogP contribution in [0, 0.1) is 5.41 Å². The lowest BCUT2D eigenvalue weighted by atomic mass is 9.72. The summed E-state index contributed by atoms with van der Waals surface area (Å²) in [7, 11) is 0. The zero-order valence-electron chi connectivity index (χ0n) is 14.2. The number of unbranched alkanes of at least 4 members (excludes halogenated alkanes) is 6. The molecule has 3 heteroatoms. The monoisotopic (exact) mass is 302 g/mol. The molecule has 0 fully saturated rings. The highest BCUT2D eigenvalue weighted by Gasteiger charge is 2.26. The van der Waals surface area contributed by atoms with E-state index < -0.39 is 0 Å². The largest absolute Gasteiger partial charge is 0.396 e. The Balaban J connectivity index is 4.22. The van der Waals surface area contributed by atoms with Gasteiger partial charge in [-0.1, -0.05) is 51.9 Å². The third-order valence-corrected chi connectivity index (χ3v) is 4.85. The second-order valence-corrected chi connectivity index (χ2v) is 6.46. The summed E-state index contributed by atoms with van der Waals surface area (Å²) in [5, 5.41) is 26.7. The van der Waals surface area contributed by atoms with Crippen LogP contribution in [-0.2, 0) is 0 Å². The minimum atomic E-state index is 0.312. The van der Waals surface area contributed by atoms with Gasteiger partial charge >= 0.3 is 0 Å². The molecule has 0 unspecified atom stereocenters. The van der Waals surface area contributed by atoms with Crippen LogP contribution in [0.1, 0.15) is 90.4 Å². The van der Waals surface area contributed by atoms with Crippen LogP contribution in [-0.4, -0.2) is 35.1 Å². The Bertz CT molecular complexity index is 175. The predicted octanol–water partition coefficient (Wildman–Crippen LogP) is 4.04. The van der Waals surface area contributed by atoms with Crippen molar-refractivity contribution >= 4 is 0 Å². The highest BCUT2D eigenvalue weighted by Crippen LogP contribution is 2.40. The lowest BCUT2D eigenvalue weighted by molar-refractivity contribution is 0.179. The smallest absolute Gasteiger partial charge is 0.0431 e. The van der Waals surface area contributed by atoms with Crippen LogP contribution < -0.4 is 0 Å². The van der Waals surface area contributed by atoms with Crippen molar-refractivity contribution in [3.63, 3.8) is 0 Å². The second-order valence-electron chi connectivity index (χ2n) is 6.46. The molecule has 0 bridgehead atoms.